The van der Waals surface area contributed by atoms with Crippen LogP contribution in [0, 0.1) is 10.1 Å². The van der Waals surface area contributed by atoms with Crippen LogP contribution in [0.5, 0.6) is 5.75 Å². The Balaban J connectivity index is 2.53. The number of nitrogens with zero attached hydrogens (tertiary/aromatic N) is 1. The molecule has 0 saturated carbocycles. The van der Waals surface area contributed by atoms with Gasteiger partial charge in [-0.25, -0.2) is 0 Å². The first-order valence-electron chi connectivity index (χ1n) is 6.97. The number of ether oxygens (including phenoxy) is 1. The molecule has 9 heteroatoms. The second-order valence-electron chi connectivity index (χ2n) is 5.45. The third kappa shape index (κ3) is 4.12. The standard InChI is InChI=1S/C15H14Cl3NO5/c1-8(20)6-9(21)7-11-10-4-2-3-5-12(10)24-14(15(16,17)18)13(11)19(22)23/h2-6,11,13-14,21H,7H2,1H3/b9-6+/t11-,13+,14-/m0/s1. The van der Waals surface area contributed by atoms with E-state index >= 15 is 0 Å². The fourth-order valence-corrected chi connectivity index (χ4v) is 3.28. The largest absolute Gasteiger partial charge is 0.512 e. The molecule has 6 nitrogen and oxygen atoms in total. The van der Waals surface area contributed by atoms with E-state index < -0.39 is 26.8 Å². The second-order valence-corrected chi connectivity index (χ2v) is 7.82. The van der Waals surface area contributed by atoms with Gasteiger partial charge in [0.2, 0.25) is 9.90 Å². The molecule has 1 heterocycles. The number of ketones is 1. The summed E-state index contributed by atoms with van der Waals surface area (Å²) >= 11 is 17.6. The fourth-order valence-electron chi connectivity index (χ4n) is 2.76. The van der Waals surface area contributed by atoms with Gasteiger partial charge >= 0.3 is 0 Å². The number of aliphatic hydroxyl groups is 1. The maximum absolute atomic E-state index is 11.6. The number of alkyl halides is 3. The summed E-state index contributed by atoms with van der Waals surface area (Å²) in [6.07, 6.45) is -0.482. The lowest BCUT2D eigenvalue weighted by molar-refractivity contribution is -0.538. The van der Waals surface area contributed by atoms with E-state index in [1.54, 1.807) is 24.3 Å². The smallest absolute Gasteiger partial charge is 0.260 e. The average Bonchev–Trinajstić information content (AvgIpc) is 2.44. The summed E-state index contributed by atoms with van der Waals surface area (Å²) in [6, 6.07) is 5.21. The van der Waals surface area contributed by atoms with Crippen molar-refractivity contribution < 1.29 is 19.6 Å². The van der Waals surface area contributed by atoms with E-state index in [2.05, 4.69) is 0 Å². The Labute approximate surface area is 153 Å². The van der Waals surface area contributed by atoms with Crippen molar-refractivity contribution >= 4 is 40.6 Å². The molecule has 0 aromatic heterocycles. The van der Waals surface area contributed by atoms with Crippen LogP contribution in [-0.2, 0) is 4.79 Å². The van der Waals surface area contributed by atoms with Gasteiger partial charge < -0.3 is 9.84 Å². The Bertz CT molecular complexity index is 686. The lowest BCUT2D eigenvalue weighted by Crippen LogP contribution is -2.52. The zero-order chi connectivity index (χ0) is 18.1. The minimum atomic E-state index is -2.04. The van der Waals surface area contributed by atoms with Crippen LogP contribution in [0.2, 0.25) is 0 Å². The van der Waals surface area contributed by atoms with Crippen molar-refractivity contribution in [3.63, 3.8) is 0 Å². The first kappa shape index (κ1) is 18.8. The zero-order valence-electron chi connectivity index (χ0n) is 12.5. The molecule has 3 atom stereocenters. The number of hydrogen-bond donors (Lipinski definition) is 1. The number of aliphatic hydroxyl groups excluding tert-OH is 1. The van der Waals surface area contributed by atoms with Crippen LogP contribution in [-0.4, -0.2) is 31.8 Å². The lowest BCUT2D eigenvalue weighted by Gasteiger charge is -2.37. The predicted molar refractivity (Wildman–Crippen MR) is 90.7 cm³/mol. The van der Waals surface area contributed by atoms with Gasteiger partial charge in [-0.15, -0.1) is 0 Å². The van der Waals surface area contributed by atoms with Crippen molar-refractivity contribution in [3.8, 4) is 5.75 Å². The molecule has 2 rings (SSSR count). The topological polar surface area (TPSA) is 89.7 Å². The van der Waals surface area contributed by atoms with Crippen LogP contribution in [0.1, 0.15) is 24.8 Å². The van der Waals surface area contributed by atoms with Crippen LogP contribution in [0.15, 0.2) is 36.1 Å². The molecular formula is C15H14Cl3NO5. The quantitative estimate of drug-likeness (QED) is 0.274. The highest BCUT2D eigenvalue weighted by Gasteiger charge is 2.55. The second kappa shape index (κ2) is 7.17. The molecule has 1 aromatic carbocycles. The van der Waals surface area contributed by atoms with Crippen molar-refractivity contribution in [1.82, 2.24) is 0 Å². The predicted octanol–water partition coefficient (Wildman–Crippen LogP) is 3.97. The molecule has 1 aliphatic rings. The maximum atomic E-state index is 11.6. The van der Waals surface area contributed by atoms with E-state index in [4.69, 9.17) is 39.5 Å². The highest BCUT2D eigenvalue weighted by Crippen LogP contribution is 2.47. The van der Waals surface area contributed by atoms with E-state index in [-0.39, 0.29) is 18.0 Å². The van der Waals surface area contributed by atoms with Gasteiger partial charge in [-0.3, -0.25) is 14.9 Å². The number of halogens is 3. The minimum Gasteiger partial charge on any atom is -0.512 e. The van der Waals surface area contributed by atoms with Crippen LogP contribution in [0.3, 0.4) is 0 Å². The highest BCUT2D eigenvalue weighted by molar-refractivity contribution is 6.68. The molecular weight excluding hydrogens is 381 g/mol. The van der Waals surface area contributed by atoms with Crippen LogP contribution in [0.4, 0.5) is 0 Å². The third-order valence-corrected chi connectivity index (χ3v) is 4.31. The SMILES string of the molecule is CC(=O)/C=C(/O)C[C@H]1c2ccccc2O[C@H](C(Cl)(Cl)Cl)[C@@H]1[N+](=O)[O-]. The number of carbonyl (C=O) groups is 1. The summed E-state index contributed by atoms with van der Waals surface area (Å²) in [4.78, 5) is 22.1. The van der Waals surface area contributed by atoms with E-state index in [1.807, 2.05) is 0 Å². The number of benzene rings is 1. The van der Waals surface area contributed by atoms with Crippen molar-refractivity contribution in [3.05, 3.63) is 51.8 Å². The number of nitro groups is 1. The molecule has 1 aromatic rings. The van der Waals surface area contributed by atoms with Gasteiger partial charge in [0.25, 0.3) is 6.04 Å². The van der Waals surface area contributed by atoms with Crippen LogP contribution < -0.4 is 4.74 Å². The molecule has 0 aliphatic carbocycles. The molecule has 0 fully saturated rings. The normalized spacial score (nSPS) is 24.0. The molecule has 1 aliphatic heterocycles. The monoisotopic (exact) mass is 393 g/mol. The molecule has 0 unspecified atom stereocenters. The Hall–Kier alpha value is -1.50. The summed E-state index contributed by atoms with van der Waals surface area (Å²) in [7, 11) is 0. The van der Waals surface area contributed by atoms with Gasteiger partial charge in [-0.2, -0.15) is 0 Å². The number of allylic oxidation sites excluding steroid dienone is 2. The van der Waals surface area contributed by atoms with Gasteiger partial charge in [-0.1, -0.05) is 53.0 Å². The summed E-state index contributed by atoms with van der Waals surface area (Å²) < 4.78 is 3.52. The number of para-hydroxylation sites is 1. The summed E-state index contributed by atoms with van der Waals surface area (Å²) in [5.41, 5.74) is 0.508. The Morgan fingerprint density at radius 3 is 2.58 bits per heavy atom. The van der Waals surface area contributed by atoms with Crippen molar-refractivity contribution in [2.45, 2.75) is 35.2 Å². The molecule has 24 heavy (non-hydrogen) atoms. The molecule has 0 amide bonds. The van der Waals surface area contributed by atoms with Gasteiger partial charge in [0.05, 0.1) is 11.7 Å². The van der Waals surface area contributed by atoms with Gasteiger partial charge in [-0.05, 0) is 13.0 Å². The lowest BCUT2D eigenvalue weighted by atomic mass is 9.82. The molecule has 0 bridgehead atoms. The van der Waals surface area contributed by atoms with Gasteiger partial charge in [0.15, 0.2) is 5.78 Å². The third-order valence-electron chi connectivity index (χ3n) is 3.66. The Morgan fingerprint density at radius 2 is 2.04 bits per heavy atom. The molecule has 0 radical (unpaired) electrons. The van der Waals surface area contributed by atoms with Crippen molar-refractivity contribution in [2.24, 2.45) is 0 Å². The Kier molecular flexibility index (Phi) is 5.63. The number of hydrogen-bond acceptors (Lipinski definition) is 5. The number of rotatable bonds is 4. The summed E-state index contributed by atoms with van der Waals surface area (Å²) in [5, 5.41) is 21.6. The van der Waals surface area contributed by atoms with E-state index in [9.17, 15) is 20.0 Å². The van der Waals surface area contributed by atoms with Crippen molar-refractivity contribution in [1.29, 1.82) is 0 Å². The first-order chi connectivity index (χ1) is 11.1. The summed E-state index contributed by atoms with van der Waals surface area (Å²) in [5.74, 6) is -1.13. The van der Waals surface area contributed by atoms with Crippen molar-refractivity contribution in [2.75, 3.05) is 0 Å². The van der Waals surface area contributed by atoms with Gasteiger partial charge in [0.1, 0.15) is 5.75 Å². The molecule has 0 spiro atoms. The first-order valence-corrected chi connectivity index (χ1v) is 8.10. The van der Waals surface area contributed by atoms with E-state index in [0.29, 0.717) is 11.3 Å². The van der Waals surface area contributed by atoms with Crippen LogP contribution >= 0.6 is 34.8 Å². The molecule has 1 N–H and O–H groups in total. The molecule has 130 valence electrons. The van der Waals surface area contributed by atoms with Crippen LogP contribution in [0.25, 0.3) is 0 Å². The fraction of sp³-hybridized carbons (Fsp3) is 0.400. The Morgan fingerprint density at radius 1 is 1.42 bits per heavy atom. The number of fused-ring (bicyclic) bond motifs is 1. The highest BCUT2D eigenvalue weighted by atomic mass is 35.6. The zero-order valence-corrected chi connectivity index (χ0v) is 14.8. The maximum Gasteiger partial charge on any atom is 0.260 e. The summed E-state index contributed by atoms with van der Waals surface area (Å²) in [6.45, 7) is 1.27. The van der Waals surface area contributed by atoms with E-state index in [1.165, 1.54) is 6.92 Å². The average molecular weight is 395 g/mol. The van der Waals surface area contributed by atoms with E-state index in [0.717, 1.165) is 6.08 Å². The molecule has 0 saturated heterocycles. The number of carbonyl (C=O) groups excluding carboxylic acids is 1. The van der Waals surface area contributed by atoms with Gasteiger partial charge in [0, 0.05) is 23.0 Å². The minimum absolute atomic E-state index is 0.150.